The number of nitrogens with zero attached hydrogens (tertiary/aromatic N) is 2. The molecule has 32 heavy (non-hydrogen) atoms. The Morgan fingerprint density at radius 2 is 1.94 bits per heavy atom. The third-order valence-corrected chi connectivity index (χ3v) is 5.19. The lowest BCUT2D eigenvalue weighted by Gasteiger charge is -2.17. The first kappa shape index (κ1) is 21.5. The third kappa shape index (κ3) is 4.32. The molecule has 0 saturated heterocycles. The number of anilines is 1. The van der Waals surface area contributed by atoms with Crippen LogP contribution in [0.4, 0.5) is 14.5 Å². The van der Waals surface area contributed by atoms with Crippen molar-refractivity contribution in [1.82, 2.24) is 9.78 Å². The maximum atomic E-state index is 14.1. The molecule has 0 spiro atoms. The fourth-order valence-corrected chi connectivity index (χ4v) is 3.64. The Bertz CT molecular complexity index is 1210. The van der Waals surface area contributed by atoms with E-state index in [-0.39, 0.29) is 30.4 Å². The van der Waals surface area contributed by atoms with Gasteiger partial charge in [0.05, 0.1) is 11.4 Å². The summed E-state index contributed by atoms with van der Waals surface area (Å²) < 4.78 is 39.5. The molecule has 7 nitrogen and oxygen atoms in total. The van der Waals surface area contributed by atoms with E-state index in [2.05, 4.69) is 10.4 Å². The number of halogens is 2. The number of esters is 1. The summed E-state index contributed by atoms with van der Waals surface area (Å²) in [5.41, 5.74) is 2.78. The predicted molar refractivity (Wildman–Crippen MR) is 112 cm³/mol. The number of carbonyl (C=O) groups is 2. The summed E-state index contributed by atoms with van der Waals surface area (Å²) in [6, 6.07) is 8.52. The van der Waals surface area contributed by atoms with Gasteiger partial charge in [-0.3, -0.25) is 4.79 Å². The number of ether oxygens (including phenoxy) is 2. The van der Waals surface area contributed by atoms with Crippen molar-refractivity contribution in [3.63, 3.8) is 0 Å². The number of rotatable bonds is 6. The second-order valence-electron chi connectivity index (χ2n) is 7.40. The van der Waals surface area contributed by atoms with E-state index in [4.69, 9.17) is 9.47 Å². The Balaban J connectivity index is 1.38. The fraction of sp³-hybridized carbons (Fsp3) is 0.261. The number of benzene rings is 2. The second kappa shape index (κ2) is 8.78. The minimum atomic E-state index is -0.784. The first-order valence-corrected chi connectivity index (χ1v) is 10.1. The van der Waals surface area contributed by atoms with Gasteiger partial charge in [-0.15, -0.1) is 0 Å². The number of hydrogen-bond donors (Lipinski definition) is 1. The molecule has 0 aliphatic carbocycles. The fourth-order valence-electron chi connectivity index (χ4n) is 3.64. The number of aryl methyl sites for hydroxylation is 2. The lowest BCUT2D eigenvalue weighted by Crippen LogP contribution is -2.19. The van der Waals surface area contributed by atoms with Crippen molar-refractivity contribution in [2.24, 2.45) is 0 Å². The van der Waals surface area contributed by atoms with Crippen LogP contribution in [0.2, 0.25) is 0 Å². The highest BCUT2D eigenvalue weighted by Gasteiger charge is 2.22. The van der Waals surface area contributed by atoms with Crippen LogP contribution in [0.1, 0.15) is 33.7 Å². The molecule has 0 atom stereocenters. The summed E-state index contributed by atoms with van der Waals surface area (Å²) in [5.74, 6) is -1.48. The largest absolute Gasteiger partial charge is 0.490 e. The molecule has 2 heterocycles. The van der Waals surface area contributed by atoms with Gasteiger partial charge in [0, 0.05) is 18.2 Å². The van der Waals surface area contributed by atoms with Gasteiger partial charge in [-0.05, 0) is 56.2 Å². The van der Waals surface area contributed by atoms with Crippen molar-refractivity contribution >= 4 is 17.6 Å². The van der Waals surface area contributed by atoms with Crippen LogP contribution in [0.5, 0.6) is 5.75 Å². The zero-order valence-corrected chi connectivity index (χ0v) is 17.6. The van der Waals surface area contributed by atoms with Crippen molar-refractivity contribution < 1.29 is 27.8 Å². The zero-order chi connectivity index (χ0) is 22.8. The highest BCUT2D eigenvalue weighted by atomic mass is 19.1. The maximum Gasteiger partial charge on any atom is 0.342 e. The van der Waals surface area contributed by atoms with Crippen LogP contribution in [0, 0.1) is 25.5 Å². The smallest absolute Gasteiger partial charge is 0.342 e. The zero-order valence-electron chi connectivity index (χ0n) is 17.6. The second-order valence-corrected chi connectivity index (χ2v) is 7.40. The van der Waals surface area contributed by atoms with Gasteiger partial charge in [-0.2, -0.15) is 5.10 Å². The van der Waals surface area contributed by atoms with Gasteiger partial charge in [0.2, 0.25) is 5.91 Å². The van der Waals surface area contributed by atoms with Gasteiger partial charge >= 0.3 is 5.97 Å². The Kier molecular flexibility index (Phi) is 5.89. The number of hydrogen-bond acceptors (Lipinski definition) is 5. The van der Waals surface area contributed by atoms with Crippen LogP contribution in [0.25, 0.3) is 5.69 Å². The van der Waals surface area contributed by atoms with E-state index < -0.39 is 17.6 Å². The number of aromatic nitrogens is 2. The Labute approximate surface area is 182 Å². The average molecular weight is 441 g/mol. The molecule has 1 amide bonds. The number of fused-ring (bicyclic) bond motifs is 1. The first-order valence-electron chi connectivity index (χ1n) is 10.1. The van der Waals surface area contributed by atoms with Crippen LogP contribution in [-0.2, 0) is 16.0 Å². The highest BCUT2D eigenvalue weighted by Crippen LogP contribution is 2.27. The van der Waals surface area contributed by atoms with Gasteiger partial charge in [0.1, 0.15) is 36.0 Å². The highest BCUT2D eigenvalue weighted by molar-refractivity contribution is 5.94. The van der Waals surface area contributed by atoms with Crippen LogP contribution >= 0.6 is 0 Å². The van der Waals surface area contributed by atoms with Gasteiger partial charge in [0.25, 0.3) is 0 Å². The third-order valence-electron chi connectivity index (χ3n) is 5.19. The molecule has 1 aliphatic heterocycles. The maximum absolute atomic E-state index is 14.1. The van der Waals surface area contributed by atoms with E-state index in [1.165, 1.54) is 10.7 Å². The van der Waals surface area contributed by atoms with E-state index in [0.29, 0.717) is 30.0 Å². The molecular weight excluding hydrogens is 420 g/mol. The lowest BCUT2D eigenvalue weighted by atomic mass is 10.0. The average Bonchev–Trinajstić information content (AvgIpc) is 3.05. The molecule has 2 aromatic carbocycles. The Hall–Kier alpha value is -3.75. The summed E-state index contributed by atoms with van der Waals surface area (Å²) in [6.45, 7) is 3.36. The summed E-state index contributed by atoms with van der Waals surface area (Å²) in [5, 5.41) is 7.01. The van der Waals surface area contributed by atoms with Crippen molar-refractivity contribution in [3.8, 4) is 11.4 Å². The monoisotopic (exact) mass is 441 g/mol. The molecule has 1 aliphatic rings. The molecule has 166 valence electrons. The summed E-state index contributed by atoms with van der Waals surface area (Å²) in [6.07, 6.45) is 1.08. The quantitative estimate of drug-likeness (QED) is 0.464. The molecule has 0 bridgehead atoms. The summed E-state index contributed by atoms with van der Waals surface area (Å²) in [4.78, 5) is 24.0. The van der Waals surface area contributed by atoms with E-state index in [1.54, 1.807) is 26.0 Å². The normalized spacial score (nSPS) is 12.8. The van der Waals surface area contributed by atoms with Gasteiger partial charge < -0.3 is 14.8 Å². The van der Waals surface area contributed by atoms with Crippen LogP contribution in [0.3, 0.4) is 0 Å². The minimum Gasteiger partial charge on any atom is -0.490 e. The summed E-state index contributed by atoms with van der Waals surface area (Å²) in [7, 11) is 0. The molecule has 0 saturated carbocycles. The van der Waals surface area contributed by atoms with Crippen molar-refractivity contribution in [2.75, 3.05) is 18.5 Å². The van der Waals surface area contributed by atoms with Crippen LogP contribution in [0.15, 0.2) is 36.4 Å². The van der Waals surface area contributed by atoms with Crippen LogP contribution < -0.4 is 10.1 Å². The first-order chi connectivity index (χ1) is 15.3. The number of amides is 1. The lowest BCUT2D eigenvalue weighted by molar-refractivity contribution is -0.116. The van der Waals surface area contributed by atoms with E-state index in [1.807, 2.05) is 6.07 Å². The molecule has 0 radical (unpaired) electrons. The van der Waals surface area contributed by atoms with E-state index in [9.17, 15) is 18.4 Å². The molecule has 1 aromatic heterocycles. The van der Waals surface area contributed by atoms with Gasteiger partial charge in [-0.1, -0.05) is 0 Å². The Morgan fingerprint density at radius 1 is 1.12 bits per heavy atom. The predicted octanol–water partition coefficient (Wildman–Crippen LogP) is 3.89. The molecule has 3 aromatic rings. The Morgan fingerprint density at radius 3 is 2.72 bits per heavy atom. The minimum absolute atomic E-state index is 0.00161. The SMILES string of the molecule is Cc1nn(-c2ccc(F)cc2F)c(C)c1C(=O)OCCOc1ccc2c(c1)CCC(=O)N2. The van der Waals surface area contributed by atoms with Crippen LogP contribution in [-0.4, -0.2) is 34.9 Å². The molecule has 9 heteroatoms. The van der Waals surface area contributed by atoms with Crippen molar-refractivity contribution in [3.05, 3.63) is 70.5 Å². The molecule has 0 unspecified atom stereocenters. The summed E-state index contributed by atoms with van der Waals surface area (Å²) >= 11 is 0. The molecule has 0 fully saturated rings. The van der Waals surface area contributed by atoms with Gasteiger partial charge in [0.15, 0.2) is 5.82 Å². The van der Waals surface area contributed by atoms with Gasteiger partial charge in [-0.25, -0.2) is 18.3 Å². The van der Waals surface area contributed by atoms with Crippen molar-refractivity contribution in [2.45, 2.75) is 26.7 Å². The number of carbonyl (C=O) groups excluding carboxylic acids is 2. The van der Waals surface area contributed by atoms with Crippen molar-refractivity contribution in [1.29, 1.82) is 0 Å². The molecular formula is C23H21F2N3O4. The van der Waals surface area contributed by atoms with E-state index >= 15 is 0 Å². The van der Waals surface area contributed by atoms with E-state index in [0.717, 1.165) is 23.4 Å². The molecule has 1 N–H and O–H groups in total. The standard InChI is InChI=1S/C23H21F2N3O4/c1-13-22(14(2)28(27-13)20-7-4-16(24)12-18(20)25)23(30)32-10-9-31-17-5-6-19-15(11-17)3-8-21(29)26-19/h4-7,11-12H,3,8-10H2,1-2H3,(H,26,29). The molecule has 4 rings (SSSR count). The number of nitrogens with one attached hydrogen (secondary N) is 1. The topological polar surface area (TPSA) is 82.5 Å².